The van der Waals surface area contributed by atoms with Crippen molar-refractivity contribution < 1.29 is 0 Å². The summed E-state index contributed by atoms with van der Waals surface area (Å²) >= 11 is 0. The fraction of sp³-hybridized carbons (Fsp3) is 0.100. The third-order valence-corrected chi connectivity index (χ3v) is 2.37. The Hall–Kier alpha value is -1.77. The summed E-state index contributed by atoms with van der Waals surface area (Å²) in [5.74, 6) is 0. The summed E-state index contributed by atoms with van der Waals surface area (Å²) in [6.45, 7) is 0. The van der Waals surface area contributed by atoms with Gasteiger partial charge in [-0.25, -0.2) is 0 Å². The molecule has 1 heterocycles. The van der Waals surface area contributed by atoms with Gasteiger partial charge in [-0.3, -0.25) is 0 Å². The number of hydrogen-bond donors (Lipinski definition) is 0. The van der Waals surface area contributed by atoms with Crippen LogP contribution in [-0.4, -0.2) is 15.4 Å². The Balaban J connectivity index is 2.32. The molecule has 0 unspecified atom stereocenters. The summed E-state index contributed by atoms with van der Waals surface area (Å²) < 4.78 is 0. The molecule has 0 N–H and O–H groups in total. The normalized spacial score (nSPS) is 12.3. The number of hydrogen-bond acceptors (Lipinski definition) is 3. The molecular weight excluding hydrogens is 162 g/mol. The van der Waals surface area contributed by atoms with Gasteiger partial charge in [0.05, 0.1) is 6.20 Å². The predicted octanol–water partition coefficient (Wildman–Crippen LogP) is 1.44. The number of benzene rings is 1. The van der Waals surface area contributed by atoms with Gasteiger partial charge in [0.2, 0.25) is 0 Å². The van der Waals surface area contributed by atoms with Crippen LogP contribution in [0, 0.1) is 0 Å². The van der Waals surface area contributed by atoms with Gasteiger partial charge in [-0.1, -0.05) is 24.3 Å². The first-order chi connectivity index (χ1) is 6.45. The van der Waals surface area contributed by atoms with Gasteiger partial charge in [0.1, 0.15) is 5.69 Å². The van der Waals surface area contributed by atoms with Crippen molar-refractivity contribution in [3.63, 3.8) is 0 Å². The summed E-state index contributed by atoms with van der Waals surface area (Å²) in [6, 6.07) is 8.27. The molecule has 0 saturated carbocycles. The van der Waals surface area contributed by atoms with E-state index in [0.717, 1.165) is 12.1 Å². The van der Waals surface area contributed by atoms with Crippen LogP contribution in [0.3, 0.4) is 0 Å². The van der Waals surface area contributed by atoms with Crippen LogP contribution in [0.4, 0.5) is 0 Å². The number of rotatable bonds is 0. The van der Waals surface area contributed by atoms with Crippen molar-refractivity contribution in [1.29, 1.82) is 0 Å². The molecular formula is C10H7N3. The maximum atomic E-state index is 4.04. The van der Waals surface area contributed by atoms with E-state index < -0.39 is 0 Å². The lowest BCUT2D eigenvalue weighted by Gasteiger charge is -1.95. The van der Waals surface area contributed by atoms with Crippen LogP contribution in [0.2, 0.25) is 0 Å². The lowest BCUT2D eigenvalue weighted by atomic mass is 10.1. The lowest BCUT2D eigenvalue weighted by molar-refractivity contribution is 0.860. The molecule has 0 radical (unpaired) electrons. The SMILES string of the molecule is c1ccc2c(c1)Cc1cnnnc1-2. The van der Waals surface area contributed by atoms with Crippen molar-refractivity contribution in [3.8, 4) is 11.3 Å². The minimum Gasteiger partial charge on any atom is -0.138 e. The van der Waals surface area contributed by atoms with E-state index in [1.165, 1.54) is 16.7 Å². The second kappa shape index (κ2) is 2.36. The number of fused-ring (bicyclic) bond motifs is 3. The molecule has 13 heavy (non-hydrogen) atoms. The predicted molar refractivity (Wildman–Crippen MR) is 48.1 cm³/mol. The van der Waals surface area contributed by atoms with E-state index in [1.807, 2.05) is 12.1 Å². The monoisotopic (exact) mass is 169 g/mol. The fourth-order valence-electron chi connectivity index (χ4n) is 1.76. The average Bonchev–Trinajstić information content (AvgIpc) is 2.56. The van der Waals surface area contributed by atoms with Crippen molar-refractivity contribution in [2.45, 2.75) is 6.42 Å². The molecule has 62 valence electrons. The summed E-state index contributed by atoms with van der Waals surface area (Å²) in [5.41, 5.74) is 4.69. The van der Waals surface area contributed by atoms with Gasteiger partial charge in [-0.05, 0) is 10.8 Å². The Labute approximate surface area is 75.4 Å². The molecule has 0 atom stereocenters. The molecule has 3 rings (SSSR count). The molecule has 1 aliphatic rings. The van der Waals surface area contributed by atoms with Crippen LogP contribution in [0.1, 0.15) is 11.1 Å². The number of aromatic nitrogens is 3. The summed E-state index contributed by atoms with van der Waals surface area (Å²) in [4.78, 5) is 0. The maximum absolute atomic E-state index is 4.04. The Bertz CT molecular complexity index is 422. The molecule has 0 aliphatic heterocycles. The zero-order valence-corrected chi connectivity index (χ0v) is 6.94. The van der Waals surface area contributed by atoms with Gasteiger partial charge in [0.15, 0.2) is 0 Å². The van der Waals surface area contributed by atoms with Gasteiger partial charge < -0.3 is 0 Å². The topological polar surface area (TPSA) is 38.7 Å². The van der Waals surface area contributed by atoms with Crippen molar-refractivity contribution in [3.05, 3.63) is 41.6 Å². The summed E-state index contributed by atoms with van der Waals surface area (Å²) in [5, 5.41) is 11.5. The van der Waals surface area contributed by atoms with Crippen molar-refractivity contribution in [2.24, 2.45) is 0 Å². The Morgan fingerprint density at radius 3 is 3.00 bits per heavy atom. The highest BCUT2D eigenvalue weighted by Gasteiger charge is 2.18. The molecule has 1 aliphatic carbocycles. The fourth-order valence-corrected chi connectivity index (χ4v) is 1.76. The molecule has 0 amide bonds. The van der Waals surface area contributed by atoms with Gasteiger partial charge >= 0.3 is 0 Å². The highest BCUT2D eigenvalue weighted by Crippen LogP contribution is 2.33. The van der Waals surface area contributed by atoms with Crippen LogP contribution in [0.25, 0.3) is 11.3 Å². The molecule has 0 spiro atoms. The second-order valence-electron chi connectivity index (χ2n) is 3.14. The van der Waals surface area contributed by atoms with E-state index in [1.54, 1.807) is 6.20 Å². The van der Waals surface area contributed by atoms with E-state index >= 15 is 0 Å². The number of nitrogens with zero attached hydrogens (tertiary/aromatic N) is 3. The van der Waals surface area contributed by atoms with Crippen molar-refractivity contribution in [2.75, 3.05) is 0 Å². The van der Waals surface area contributed by atoms with Crippen LogP contribution in [-0.2, 0) is 6.42 Å². The van der Waals surface area contributed by atoms with Crippen LogP contribution >= 0.6 is 0 Å². The first-order valence-electron chi connectivity index (χ1n) is 4.20. The van der Waals surface area contributed by atoms with Crippen molar-refractivity contribution >= 4 is 0 Å². The first-order valence-corrected chi connectivity index (χ1v) is 4.20. The standard InChI is InChI=1S/C10H7N3/c1-2-4-9-7(3-1)5-8-6-11-13-12-10(8)9/h1-4,6H,5H2. The quantitative estimate of drug-likeness (QED) is 0.511. The van der Waals surface area contributed by atoms with E-state index in [-0.39, 0.29) is 0 Å². The van der Waals surface area contributed by atoms with Crippen LogP contribution < -0.4 is 0 Å². The highest BCUT2D eigenvalue weighted by atomic mass is 15.3. The largest absolute Gasteiger partial charge is 0.138 e. The van der Waals surface area contributed by atoms with Gasteiger partial charge in [-0.2, -0.15) is 0 Å². The first kappa shape index (κ1) is 6.71. The summed E-state index contributed by atoms with van der Waals surface area (Å²) in [6.07, 6.45) is 2.73. The van der Waals surface area contributed by atoms with Crippen LogP contribution in [0.15, 0.2) is 30.5 Å². The third-order valence-electron chi connectivity index (χ3n) is 2.37. The third kappa shape index (κ3) is 0.869. The molecule has 0 saturated heterocycles. The van der Waals surface area contributed by atoms with E-state index in [9.17, 15) is 0 Å². The molecule has 1 aromatic heterocycles. The Morgan fingerprint density at radius 2 is 2.00 bits per heavy atom. The van der Waals surface area contributed by atoms with Crippen molar-refractivity contribution in [1.82, 2.24) is 15.4 Å². The Morgan fingerprint density at radius 1 is 1.08 bits per heavy atom. The summed E-state index contributed by atoms with van der Waals surface area (Å²) in [7, 11) is 0. The average molecular weight is 169 g/mol. The zero-order valence-electron chi connectivity index (χ0n) is 6.94. The second-order valence-corrected chi connectivity index (χ2v) is 3.14. The molecule has 0 bridgehead atoms. The van der Waals surface area contributed by atoms with E-state index in [4.69, 9.17) is 0 Å². The highest BCUT2D eigenvalue weighted by molar-refractivity contribution is 5.72. The zero-order chi connectivity index (χ0) is 8.67. The Kier molecular flexibility index (Phi) is 1.22. The molecule has 3 nitrogen and oxygen atoms in total. The minimum atomic E-state index is 0.939. The van der Waals surface area contributed by atoms with Crippen LogP contribution in [0.5, 0.6) is 0 Å². The lowest BCUT2D eigenvalue weighted by Crippen LogP contribution is -1.90. The van der Waals surface area contributed by atoms with E-state index in [2.05, 4.69) is 27.5 Å². The maximum Gasteiger partial charge on any atom is 0.100 e. The van der Waals surface area contributed by atoms with Gasteiger partial charge in [0, 0.05) is 17.5 Å². The molecule has 3 heteroatoms. The van der Waals surface area contributed by atoms with Gasteiger partial charge in [0.25, 0.3) is 0 Å². The smallest absolute Gasteiger partial charge is 0.100 e. The minimum absolute atomic E-state index is 0.939. The van der Waals surface area contributed by atoms with Gasteiger partial charge in [-0.15, -0.1) is 10.2 Å². The molecule has 0 fully saturated rings. The van der Waals surface area contributed by atoms with E-state index in [0.29, 0.717) is 0 Å². The molecule has 1 aromatic carbocycles. The molecule has 2 aromatic rings.